The largest absolute Gasteiger partial charge is 0.593 e. The first-order valence-electron chi connectivity index (χ1n) is 4.34. The van der Waals surface area contributed by atoms with Crippen LogP contribution < -0.4 is 4.72 Å². The van der Waals surface area contributed by atoms with Gasteiger partial charge in [-0.05, 0) is 30.2 Å². The zero-order chi connectivity index (χ0) is 9.97. The second-order valence-electron chi connectivity index (χ2n) is 3.13. The van der Waals surface area contributed by atoms with E-state index in [1.807, 2.05) is 30.3 Å². The third-order valence-corrected chi connectivity index (χ3v) is 3.33. The predicted octanol–water partition coefficient (Wildman–Crippen LogP) is 2.55. The minimum absolute atomic E-state index is 0.137. The first-order valence-corrected chi connectivity index (χ1v) is 5.93. The van der Waals surface area contributed by atoms with Crippen molar-refractivity contribution in [1.82, 2.24) is 4.72 Å². The van der Waals surface area contributed by atoms with Gasteiger partial charge in [-0.2, -0.15) is 0 Å². The lowest BCUT2D eigenvalue weighted by molar-refractivity contribution is 0.559. The summed E-state index contributed by atoms with van der Waals surface area (Å²) in [6.07, 6.45) is 2.80. The van der Waals surface area contributed by atoms with Gasteiger partial charge in [0.05, 0.1) is 17.4 Å². The molecule has 1 N–H and O–H groups in total. The average Bonchev–Trinajstić information content (AvgIpc) is 2.19. The SMILES string of the molecule is [O-][S+]1C=CC[C@@H](c2ccc(Cl)cc2)N1. The molecule has 14 heavy (non-hydrogen) atoms. The van der Waals surface area contributed by atoms with Crippen molar-refractivity contribution in [3.63, 3.8) is 0 Å². The number of rotatable bonds is 1. The molecule has 0 aliphatic carbocycles. The van der Waals surface area contributed by atoms with E-state index in [9.17, 15) is 4.55 Å². The normalized spacial score (nSPS) is 26.4. The maximum absolute atomic E-state index is 11.2. The van der Waals surface area contributed by atoms with Crippen LogP contribution in [0.15, 0.2) is 35.7 Å². The van der Waals surface area contributed by atoms with Gasteiger partial charge in [-0.3, -0.25) is 0 Å². The molecule has 1 aliphatic heterocycles. The summed E-state index contributed by atoms with van der Waals surface area (Å²) in [6, 6.07) is 7.74. The Hall–Kier alpha value is -0.480. The molecule has 1 heterocycles. The third-order valence-electron chi connectivity index (χ3n) is 2.12. The molecule has 4 heteroatoms. The van der Waals surface area contributed by atoms with Crippen LogP contribution in [0.4, 0.5) is 0 Å². The van der Waals surface area contributed by atoms with Gasteiger partial charge in [-0.1, -0.05) is 23.7 Å². The van der Waals surface area contributed by atoms with Crippen molar-refractivity contribution < 1.29 is 4.55 Å². The summed E-state index contributed by atoms with van der Waals surface area (Å²) in [7, 11) is 0. The van der Waals surface area contributed by atoms with Crippen molar-refractivity contribution in [2.45, 2.75) is 12.5 Å². The molecular formula is C10H10ClNOS. The lowest BCUT2D eigenvalue weighted by atomic mass is 10.1. The summed E-state index contributed by atoms with van der Waals surface area (Å²) in [4.78, 5) is 0. The number of halogens is 1. The van der Waals surface area contributed by atoms with Crippen LogP contribution in [0.1, 0.15) is 18.0 Å². The van der Waals surface area contributed by atoms with Crippen LogP contribution in [-0.2, 0) is 11.4 Å². The van der Waals surface area contributed by atoms with E-state index in [1.165, 1.54) is 0 Å². The molecule has 2 nitrogen and oxygen atoms in total. The Morgan fingerprint density at radius 2 is 2.07 bits per heavy atom. The van der Waals surface area contributed by atoms with Gasteiger partial charge in [-0.25, -0.2) is 0 Å². The molecule has 74 valence electrons. The van der Waals surface area contributed by atoms with Gasteiger partial charge >= 0.3 is 0 Å². The van der Waals surface area contributed by atoms with E-state index in [0.717, 1.165) is 17.0 Å². The highest BCUT2D eigenvalue weighted by Crippen LogP contribution is 2.23. The number of hydrogen-bond donors (Lipinski definition) is 1. The summed E-state index contributed by atoms with van der Waals surface area (Å²) in [6.45, 7) is 0. The maximum atomic E-state index is 11.2. The van der Waals surface area contributed by atoms with Gasteiger partial charge in [0, 0.05) is 5.02 Å². The fraction of sp³-hybridized carbons (Fsp3) is 0.200. The molecule has 1 unspecified atom stereocenters. The highest BCUT2D eigenvalue weighted by Gasteiger charge is 2.19. The molecule has 1 aromatic rings. The molecule has 0 radical (unpaired) electrons. The van der Waals surface area contributed by atoms with E-state index in [4.69, 9.17) is 11.6 Å². The highest BCUT2D eigenvalue weighted by molar-refractivity contribution is 7.92. The van der Waals surface area contributed by atoms with Gasteiger partial charge < -0.3 is 4.55 Å². The summed E-state index contributed by atoms with van der Waals surface area (Å²) >= 11 is 4.75. The molecule has 0 spiro atoms. The standard InChI is InChI=1S/C10H10ClNOS/c11-9-5-3-8(4-6-9)10-2-1-7-14(13)12-10/h1,3-7,10,12H,2H2/t10-,14?/m0/s1. The van der Waals surface area contributed by atoms with E-state index in [1.54, 1.807) is 5.41 Å². The Labute approximate surface area is 91.3 Å². The van der Waals surface area contributed by atoms with Crippen LogP contribution in [-0.4, -0.2) is 4.55 Å². The average molecular weight is 228 g/mol. The Morgan fingerprint density at radius 1 is 1.36 bits per heavy atom. The summed E-state index contributed by atoms with van der Waals surface area (Å²) < 4.78 is 14.2. The van der Waals surface area contributed by atoms with Crippen LogP contribution >= 0.6 is 11.6 Å². The Morgan fingerprint density at radius 3 is 2.71 bits per heavy atom. The lowest BCUT2D eigenvalue weighted by Gasteiger charge is -2.20. The Bertz CT molecular complexity index is 338. The predicted molar refractivity (Wildman–Crippen MR) is 59.2 cm³/mol. The number of hydrogen-bond acceptors (Lipinski definition) is 2. The van der Waals surface area contributed by atoms with Crippen LogP contribution in [0, 0.1) is 0 Å². The van der Waals surface area contributed by atoms with Crippen LogP contribution in [0.3, 0.4) is 0 Å². The minimum atomic E-state index is -1.04. The highest BCUT2D eigenvalue weighted by atomic mass is 35.5. The maximum Gasteiger partial charge on any atom is 0.134 e. The summed E-state index contributed by atoms with van der Waals surface area (Å²) in [5.74, 6) is 0. The van der Waals surface area contributed by atoms with E-state index >= 15 is 0 Å². The molecule has 2 atom stereocenters. The molecule has 0 saturated heterocycles. The summed E-state index contributed by atoms with van der Waals surface area (Å²) in [5, 5.41) is 2.40. The Balaban J connectivity index is 2.15. The van der Waals surface area contributed by atoms with Gasteiger partial charge in [0.15, 0.2) is 0 Å². The number of benzene rings is 1. The fourth-order valence-electron chi connectivity index (χ4n) is 1.41. The molecule has 2 rings (SSSR count). The first kappa shape index (κ1) is 10.1. The van der Waals surface area contributed by atoms with E-state index in [-0.39, 0.29) is 6.04 Å². The molecule has 0 bridgehead atoms. The molecule has 1 aliphatic rings. The molecule has 0 fully saturated rings. The number of nitrogens with one attached hydrogen (secondary N) is 1. The fourth-order valence-corrected chi connectivity index (χ4v) is 2.41. The van der Waals surface area contributed by atoms with Crippen LogP contribution in [0.2, 0.25) is 5.02 Å². The molecule has 0 saturated carbocycles. The molecule has 0 amide bonds. The molecule has 1 aromatic carbocycles. The van der Waals surface area contributed by atoms with Gasteiger partial charge in [-0.15, -0.1) is 4.72 Å². The minimum Gasteiger partial charge on any atom is -0.593 e. The Kier molecular flexibility index (Phi) is 3.13. The van der Waals surface area contributed by atoms with Crippen LogP contribution in [0.5, 0.6) is 0 Å². The second-order valence-corrected chi connectivity index (χ2v) is 4.67. The van der Waals surface area contributed by atoms with Crippen molar-refractivity contribution >= 4 is 23.0 Å². The molecular weight excluding hydrogens is 218 g/mol. The van der Waals surface area contributed by atoms with Crippen molar-refractivity contribution in [2.24, 2.45) is 0 Å². The zero-order valence-electron chi connectivity index (χ0n) is 7.44. The monoisotopic (exact) mass is 227 g/mol. The quantitative estimate of drug-likeness (QED) is 0.749. The second kappa shape index (κ2) is 4.36. The van der Waals surface area contributed by atoms with E-state index in [0.29, 0.717) is 0 Å². The topological polar surface area (TPSA) is 35.1 Å². The van der Waals surface area contributed by atoms with Gasteiger partial charge in [0.2, 0.25) is 0 Å². The van der Waals surface area contributed by atoms with Crippen molar-refractivity contribution in [2.75, 3.05) is 0 Å². The van der Waals surface area contributed by atoms with Gasteiger partial charge in [0.25, 0.3) is 0 Å². The smallest absolute Gasteiger partial charge is 0.134 e. The van der Waals surface area contributed by atoms with Crippen molar-refractivity contribution in [1.29, 1.82) is 0 Å². The first-order chi connectivity index (χ1) is 6.75. The van der Waals surface area contributed by atoms with Crippen molar-refractivity contribution in [3.05, 3.63) is 46.3 Å². The summed E-state index contributed by atoms with van der Waals surface area (Å²) in [5.41, 5.74) is 1.12. The van der Waals surface area contributed by atoms with Crippen molar-refractivity contribution in [3.8, 4) is 0 Å². The van der Waals surface area contributed by atoms with Gasteiger partial charge in [0.1, 0.15) is 5.41 Å². The lowest BCUT2D eigenvalue weighted by Crippen LogP contribution is -2.29. The van der Waals surface area contributed by atoms with E-state index in [2.05, 4.69) is 4.72 Å². The van der Waals surface area contributed by atoms with Crippen LogP contribution in [0.25, 0.3) is 0 Å². The third kappa shape index (κ3) is 2.30. The molecule has 0 aromatic heterocycles. The van der Waals surface area contributed by atoms with E-state index < -0.39 is 11.4 Å². The zero-order valence-corrected chi connectivity index (χ0v) is 9.02.